The third-order valence-corrected chi connectivity index (χ3v) is 4.48. The molecule has 1 N–H and O–H groups in total. The molecule has 1 aliphatic rings. The number of methoxy groups -OCH3 is 1. The van der Waals surface area contributed by atoms with E-state index in [0.29, 0.717) is 11.1 Å². The Morgan fingerprint density at radius 3 is 2.72 bits per heavy atom. The summed E-state index contributed by atoms with van der Waals surface area (Å²) < 4.78 is 15.9. The third-order valence-electron chi connectivity index (χ3n) is 4.48. The van der Waals surface area contributed by atoms with E-state index in [1.807, 2.05) is 18.2 Å². The summed E-state index contributed by atoms with van der Waals surface area (Å²) in [6.07, 6.45) is 5.45. The van der Waals surface area contributed by atoms with Gasteiger partial charge in [-0.25, -0.2) is 4.79 Å². The van der Waals surface area contributed by atoms with Gasteiger partial charge in [0.15, 0.2) is 6.61 Å². The lowest BCUT2D eigenvalue weighted by molar-refractivity contribution is -0.125. The highest BCUT2D eigenvalue weighted by Gasteiger charge is 2.23. The molecule has 1 aliphatic carbocycles. The van der Waals surface area contributed by atoms with Crippen molar-refractivity contribution in [2.45, 2.75) is 44.8 Å². The molecule has 2 aromatic rings. The van der Waals surface area contributed by atoms with Gasteiger partial charge in [-0.05, 0) is 18.9 Å². The molecule has 0 bridgehead atoms. The van der Waals surface area contributed by atoms with Crippen molar-refractivity contribution in [1.82, 2.24) is 5.32 Å². The van der Waals surface area contributed by atoms with Gasteiger partial charge in [0, 0.05) is 24.1 Å². The number of benzene rings is 1. The van der Waals surface area contributed by atoms with Crippen LogP contribution in [0.3, 0.4) is 0 Å². The van der Waals surface area contributed by atoms with Gasteiger partial charge in [-0.15, -0.1) is 0 Å². The van der Waals surface area contributed by atoms with Crippen LogP contribution in [0.5, 0.6) is 0 Å². The monoisotopic (exact) mass is 345 g/mol. The Labute approximate surface area is 146 Å². The van der Waals surface area contributed by atoms with Crippen molar-refractivity contribution in [1.29, 1.82) is 0 Å². The van der Waals surface area contributed by atoms with Crippen molar-refractivity contribution in [2.75, 3.05) is 13.7 Å². The number of fused-ring (bicyclic) bond motifs is 1. The Kier molecular flexibility index (Phi) is 5.71. The average molecular weight is 345 g/mol. The van der Waals surface area contributed by atoms with Crippen LogP contribution in [0.1, 0.15) is 48.2 Å². The van der Waals surface area contributed by atoms with Crippen LogP contribution in [0, 0.1) is 0 Å². The number of furan rings is 1. The first-order valence-corrected chi connectivity index (χ1v) is 8.65. The molecule has 6 nitrogen and oxygen atoms in total. The number of esters is 1. The van der Waals surface area contributed by atoms with Gasteiger partial charge in [0.2, 0.25) is 5.76 Å². The first kappa shape index (κ1) is 17.5. The standard InChI is InChI=1S/C19H23NO5/c1-23-11-15-14-9-5-6-10-16(14)25-18(15)19(22)24-12-17(21)20-13-7-3-2-4-8-13/h5-6,9-10,13H,2-4,7-8,11-12H2,1H3,(H,20,21). The smallest absolute Gasteiger partial charge is 0.375 e. The molecule has 1 amide bonds. The lowest BCUT2D eigenvalue weighted by Gasteiger charge is -2.22. The van der Waals surface area contributed by atoms with Crippen molar-refractivity contribution < 1.29 is 23.5 Å². The summed E-state index contributed by atoms with van der Waals surface area (Å²) in [7, 11) is 1.55. The first-order chi connectivity index (χ1) is 12.2. The molecule has 134 valence electrons. The van der Waals surface area contributed by atoms with Crippen LogP contribution in [0.2, 0.25) is 0 Å². The summed E-state index contributed by atoms with van der Waals surface area (Å²) >= 11 is 0. The van der Waals surface area contributed by atoms with Gasteiger partial charge in [-0.1, -0.05) is 37.5 Å². The minimum atomic E-state index is -0.651. The fourth-order valence-electron chi connectivity index (χ4n) is 3.26. The summed E-state index contributed by atoms with van der Waals surface area (Å²) in [6.45, 7) is -0.0749. The van der Waals surface area contributed by atoms with Crippen molar-refractivity contribution in [3.05, 3.63) is 35.6 Å². The highest BCUT2D eigenvalue weighted by atomic mass is 16.5. The van der Waals surface area contributed by atoms with E-state index < -0.39 is 5.97 Å². The molecule has 3 rings (SSSR count). The predicted octanol–water partition coefficient (Wildman–Crippen LogP) is 3.18. The molecule has 1 aromatic heterocycles. The number of ether oxygens (including phenoxy) is 2. The Morgan fingerprint density at radius 1 is 1.20 bits per heavy atom. The number of amides is 1. The summed E-state index contributed by atoms with van der Waals surface area (Å²) in [4.78, 5) is 24.3. The van der Waals surface area contributed by atoms with Crippen molar-refractivity contribution >= 4 is 22.8 Å². The summed E-state index contributed by atoms with van der Waals surface area (Å²) in [6, 6.07) is 7.52. The predicted molar refractivity (Wildman–Crippen MR) is 92.2 cm³/mol. The number of carbonyl (C=O) groups excluding carboxylic acids is 2. The molecule has 0 spiro atoms. The Balaban J connectivity index is 1.63. The topological polar surface area (TPSA) is 77.8 Å². The van der Waals surface area contributed by atoms with E-state index >= 15 is 0 Å². The van der Waals surface area contributed by atoms with Gasteiger partial charge in [-0.3, -0.25) is 4.79 Å². The van der Waals surface area contributed by atoms with Crippen LogP contribution in [0.25, 0.3) is 11.0 Å². The van der Waals surface area contributed by atoms with E-state index in [2.05, 4.69) is 5.32 Å². The van der Waals surface area contributed by atoms with E-state index in [4.69, 9.17) is 13.9 Å². The van der Waals surface area contributed by atoms with Crippen molar-refractivity contribution in [2.24, 2.45) is 0 Å². The van der Waals surface area contributed by atoms with Gasteiger partial charge in [-0.2, -0.15) is 0 Å². The zero-order valence-corrected chi connectivity index (χ0v) is 14.4. The fraction of sp³-hybridized carbons (Fsp3) is 0.474. The van der Waals surface area contributed by atoms with E-state index in [1.165, 1.54) is 6.42 Å². The lowest BCUT2D eigenvalue weighted by atomic mass is 9.95. The van der Waals surface area contributed by atoms with Gasteiger partial charge >= 0.3 is 5.97 Å². The maximum absolute atomic E-state index is 12.4. The van der Waals surface area contributed by atoms with Crippen molar-refractivity contribution in [3.8, 4) is 0 Å². The fourth-order valence-corrected chi connectivity index (χ4v) is 3.26. The minimum Gasteiger partial charge on any atom is -0.450 e. The lowest BCUT2D eigenvalue weighted by Crippen LogP contribution is -2.38. The molecule has 0 radical (unpaired) electrons. The average Bonchev–Trinajstić information content (AvgIpc) is 3.00. The molecule has 0 saturated heterocycles. The maximum Gasteiger partial charge on any atom is 0.375 e. The second kappa shape index (κ2) is 8.16. The number of rotatable bonds is 6. The molecule has 1 saturated carbocycles. The molecule has 1 heterocycles. The van der Waals surface area contributed by atoms with Gasteiger partial charge < -0.3 is 19.2 Å². The van der Waals surface area contributed by atoms with Gasteiger partial charge in [0.1, 0.15) is 5.58 Å². The molecule has 1 aromatic carbocycles. The quantitative estimate of drug-likeness (QED) is 0.814. The second-order valence-electron chi connectivity index (χ2n) is 6.32. The molecular formula is C19H23NO5. The van der Waals surface area contributed by atoms with Crippen LogP contribution in [-0.2, 0) is 20.9 Å². The number of para-hydroxylation sites is 1. The Hall–Kier alpha value is -2.34. The largest absolute Gasteiger partial charge is 0.450 e. The molecule has 1 fully saturated rings. The third kappa shape index (κ3) is 4.20. The number of carbonyl (C=O) groups is 2. The van der Waals surface area contributed by atoms with E-state index in [-0.39, 0.29) is 30.9 Å². The summed E-state index contributed by atoms with van der Waals surface area (Å²) in [5.41, 5.74) is 1.23. The highest BCUT2D eigenvalue weighted by Crippen LogP contribution is 2.27. The Morgan fingerprint density at radius 2 is 1.96 bits per heavy atom. The first-order valence-electron chi connectivity index (χ1n) is 8.65. The van der Waals surface area contributed by atoms with E-state index in [0.717, 1.165) is 31.1 Å². The minimum absolute atomic E-state index is 0.0912. The molecule has 0 atom stereocenters. The van der Waals surface area contributed by atoms with E-state index in [1.54, 1.807) is 13.2 Å². The zero-order valence-electron chi connectivity index (χ0n) is 14.4. The van der Waals surface area contributed by atoms with Crippen molar-refractivity contribution in [3.63, 3.8) is 0 Å². The number of hydrogen-bond donors (Lipinski definition) is 1. The number of hydrogen-bond acceptors (Lipinski definition) is 5. The number of nitrogens with one attached hydrogen (secondary N) is 1. The molecular weight excluding hydrogens is 322 g/mol. The normalized spacial score (nSPS) is 15.2. The molecule has 0 aliphatic heterocycles. The van der Waals surface area contributed by atoms with Crippen LogP contribution in [0.4, 0.5) is 0 Å². The molecule has 0 unspecified atom stereocenters. The van der Waals surface area contributed by atoms with Crippen LogP contribution in [-0.4, -0.2) is 31.6 Å². The maximum atomic E-state index is 12.4. The van der Waals surface area contributed by atoms with Crippen LogP contribution >= 0.6 is 0 Å². The highest BCUT2D eigenvalue weighted by molar-refractivity contribution is 5.96. The van der Waals surface area contributed by atoms with Crippen LogP contribution in [0.15, 0.2) is 28.7 Å². The SMILES string of the molecule is COCc1c(C(=O)OCC(=O)NC2CCCCC2)oc2ccccc12. The van der Waals surface area contributed by atoms with Gasteiger partial charge in [0.05, 0.1) is 6.61 Å². The summed E-state index contributed by atoms with van der Waals surface area (Å²) in [5.74, 6) is -0.833. The summed E-state index contributed by atoms with van der Waals surface area (Å²) in [5, 5.41) is 3.73. The van der Waals surface area contributed by atoms with E-state index in [9.17, 15) is 9.59 Å². The van der Waals surface area contributed by atoms with Crippen LogP contribution < -0.4 is 5.32 Å². The second-order valence-corrected chi connectivity index (χ2v) is 6.32. The van der Waals surface area contributed by atoms with Gasteiger partial charge in [0.25, 0.3) is 5.91 Å². The zero-order chi connectivity index (χ0) is 17.6. The molecule has 6 heteroatoms. The Bertz CT molecular complexity index is 745. The molecule has 25 heavy (non-hydrogen) atoms.